The van der Waals surface area contributed by atoms with Crippen LogP contribution in [0.4, 0.5) is 0 Å². The van der Waals surface area contributed by atoms with Crippen LogP contribution in [0.1, 0.15) is 31.1 Å². The van der Waals surface area contributed by atoms with Gasteiger partial charge in [-0.05, 0) is 43.6 Å². The highest BCUT2D eigenvalue weighted by molar-refractivity contribution is 7.09. The molecule has 0 spiro atoms. The van der Waals surface area contributed by atoms with Crippen molar-refractivity contribution in [3.63, 3.8) is 0 Å². The van der Waals surface area contributed by atoms with Crippen molar-refractivity contribution in [2.24, 2.45) is 11.7 Å². The highest BCUT2D eigenvalue weighted by Crippen LogP contribution is 2.20. The first kappa shape index (κ1) is 13.6. The average Bonchev–Trinajstić information content (AvgIpc) is 2.89. The van der Waals surface area contributed by atoms with Crippen LogP contribution in [-0.2, 0) is 11.2 Å². The standard InChI is InChI=1S/C14H22N2OS/c1-11(15)12-4-2-8-16(10-12)14(17)7-6-13-5-3-9-18-13/h3,5,9,11-12H,2,4,6-8,10,15H2,1H3/t11-,12-/m0/s1. The number of nitrogens with two attached hydrogens (primary N) is 1. The van der Waals surface area contributed by atoms with Crippen molar-refractivity contribution in [1.82, 2.24) is 4.90 Å². The van der Waals surface area contributed by atoms with Gasteiger partial charge in [0.1, 0.15) is 0 Å². The smallest absolute Gasteiger partial charge is 0.222 e. The van der Waals surface area contributed by atoms with Crippen molar-refractivity contribution in [3.8, 4) is 0 Å². The number of carbonyl (C=O) groups excluding carboxylic acids is 1. The van der Waals surface area contributed by atoms with Crippen LogP contribution >= 0.6 is 11.3 Å². The first-order valence-corrected chi connectivity index (χ1v) is 7.60. The molecule has 1 aromatic heterocycles. The molecule has 1 saturated heterocycles. The molecule has 1 amide bonds. The Labute approximate surface area is 113 Å². The van der Waals surface area contributed by atoms with Crippen molar-refractivity contribution in [1.29, 1.82) is 0 Å². The summed E-state index contributed by atoms with van der Waals surface area (Å²) in [6.45, 7) is 3.80. The summed E-state index contributed by atoms with van der Waals surface area (Å²) >= 11 is 1.73. The van der Waals surface area contributed by atoms with Crippen LogP contribution < -0.4 is 5.73 Å². The number of nitrogens with zero attached hydrogens (tertiary/aromatic N) is 1. The maximum atomic E-state index is 12.2. The van der Waals surface area contributed by atoms with E-state index in [-0.39, 0.29) is 11.9 Å². The predicted molar refractivity (Wildman–Crippen MR) is 75.6 cm³/mol. The molecule has 0 radical (unpaired) electrons. The Morgan fingerprint density at radius 1 is 1.67 bits per heavy atom. The van der Waals surface area contributed by atoms with Crippen LogP contribution in [0, 0.1) is 5.92 Å². The molecule has 3 nitrogen and oxygen atoms in total. The average molecular weight is 266 g/mol. The molecule has 0 unspecified atom stereocenters. The van der Waals surface area contributed by atoms with Gasteiger partial charge in [0.05, 0.1) is 0 Å². The lowest BCUT2D eigenvalue weighted by Crippen LogP contribution is -2.45. The van der Waals surface area contributed by atoms with Gasteiger partial charge in [0.25, 0.3) is 0 Å². The van der Waals surface area contributed by atoms with E-state index in [0.717, 1.165) is 32.4 Å². The normalized spacial score (nSPS) is 21.9. The summed E-state index contributed by atoms with van der Waals surface area (Å²) in [7, 11) is 0. The zero-order valence-electron chi connectivity index (χ0n) is 11.0. The predicted octanol–water partition coefficient (Wildman–Crippen LogP) is 2.27. The summed E-state index contributed by atoms with van der Waals surface area (Å²) in [5.74, 6) is 0.762. The van der Waals surface area contributed by atoms with Gasteiger partial charge < -0.3 is 10.6 Å². The van der Waals surface area contributed by atoms with Crippen LogP contribution in [0.25, 0.3) is 0 Å². The maximum Gasteiger partial charge on any atom is 0.222 e. The number of likely N-dealkylation sites (tertiary alicyclic amines) is 1. The summed E-state index contributed by atoms with van der Waals surface area (Å²) in [4.78, 5) is 15.5. The fourth-order valence-corrected chi connectivity index (χ4v) is 3.22. The fourth-order valence-electron chi connectivity index (χ4n) is 2.51. The topological polar surface area (TPSA) is 46.3 Å². The van der Waals surface area contributed by atoms with Crippen molar-refractivity contribution in [2.75, 3.05) is 13.1 Å². The van der Waals surface area contributed by atoms with Crippen LogP contribution in [0.2, 0.25) is 0 Å². The summed E-state index contributed by atoms with van der Waals surface area (Å²) in [5, 5.41) is 2.06. The minimum atomic E-state index is 0.192. The van der Waals surface area contributed by atoms with Gasteiger partial charge in [0.15, 0.2) is 0 Å². The van der Waals surface area contributed by atoms with Crippen LogP contribution in [-0.4, -0.2) is 29.9 Å². The third-order valence-corrected chi connectivity index (χ3v) is 4.66. The molecule has 1 fully saturated rings. The zero-order valence-corrected chi connectivity index (χ0v) is 11.8. The van der Waals surface area contributed by atoms with E-state index in [0.29, 0.717) is 12.3 Å². The number of thiophene rings is 1. The van der Waals surface area contributed by atoms with E-state index in [1.807, 2.05) is 17.9 Å². The lowest BCUT2D eigenvalue weighted by Gasteiger charge is -2.34. The third kappa shape index (κ3) is 3.56. The lowest BCUT2D eigenvalue weighted by atomic mass is 9.92. The molecule has 0 aliphatic carbocycles. The highest BCUT2D eigenvalue weighted by Gasteiger charge is 2.25. The lowest BCUT2D eigenvalue weighted by molar-refractivity contribution is -0.133. The Hall–Kier alpha value is -0.870. The van der Waals surface area contributed by atoms with Gasteiger partial charge in [0.2, 0.25) is 5.91 Å². The van der Waals surface area contributed by atoms with Gasteiger partial charge in [-0.2, -0.15) is 0 Å². The first-order valence-electron chi connectivity index (χ1n) is 6.72. The van der Waals surface area contributed by atoms with Crippen molar-refractivity contribution in [3.05, 3.63) is 22.4 Å². The molecule has 1 aromatic rings. The molecule has 1 aliphatic rings. The van der Waals surface area contributed by atoms with Crippen LogP contribution in [0.5, 0.6) is 0 Å². The number of carbonyl (C=O) groups is 1. The van der Waals surface area contributed by atoms with Crippen molar-refractivity contribution >= 4 is 17.2 Å². The van der Waals surface area contributed by atoms with E-state index in [9.17, 15) is 4.79 Å². The van der Waals surface area contributed by atoms with Gasteiger partial charge in [0, 0.05) is 30.4 Å². The number of rotatable bonds is 4. The SMILES string of the molecule is C[C@H](N)[C@H]1CCCN(C(=O)CCc2cccs2)C1. The van der Waals surface area contributed by atoms with E-state index < -0.39 is 0 Å². The quantitative estimate of drug-likeness (QED) is 0.908. The molecular formula is C14H22N2OS. The van der Waals surface area contributed by atoms with Crippen LogP contribution in [0.3, 0.4) is 0 Å². The number of amides is 1. The molecule has 4 heteroatoms. The molecule has 2 rings (SSSR count). The third-order valence-electron chi connectivity index (χ3n) is 3.72. The molecule has 18 heavy (non-hydrogen) atoms. The van der Waals surface area contributed by atoms with Gasteiger partial charge in [-0.15, -0.1) is 11.3 Å². The Bertz CT molecular complexity index is 375. The number of hydrogen-bond acceptors (Lipinski definition) is 3. The minimum Gasteiger partial charge on any atom is -0.342 e. The second-order valence-electron chi connectivity index (χ2n) is 5.18. The maximum absolute atomic E-state index is 12.2. The van der Waals surface area contributed by atoms with E-state index in [1.165, 1.54) is 4.88 Å². The van der Waals surface area contributed by atoms with E-state index in [1.54, 1.807) is 11.3 Å². The monoisotopic (exact) mass is 266 g/mol. The second-order valence-corrected chi connectivity index (χ2v) is 6.21. The molecule has 2 atom stereocenters. The zero-order chi connectivity index (χ0) is 13.0. The van der Waals surface area contributed by atoms with Gasteiger partial charge in [-0.3, -0.25) is 4.79 Å². The molecule has 0 saturated carbocycles. The summed E-state index contributed by atoms with van der Waals surface area (Å²) in [5.41, 5.74) is 5.94. The number of piperidine rings is 1. The number of hydrogen-bond donors (Lipinski definition) is 1. The highest BCUT2D eigenvalue weighted by atomic mass is 32.1. The summed E-state index contributed by atoms with van der Waals surface area (Å²) < 4.78 is 0. The second kappa shape index (κ2) is 6.34. The van der Waals surface area contributed by atoms with Gasteiger partial charge in [-0.1, -0.05) is 6.07 Å². The largest absolute Gasteiger partial charge is 0.342 e. The molecule has 0 aromatic carbocycles. The van der Waals surface area contributed by atoms with Crippen molar-refractivity contribution in [2.45, 2.75) is 38.6 Å². The van der Waals surface area contributed by atoms with E-state index in [2.05, 4.69) is 11.4 Å². The molecule has 0 bridgehead atoms. The first-order chi connectivity index (χ1) is 8.66. The summed E-state index contributed by atoms with van der Waals surface area (Å²) in [6.07, 6.45) is 3.76. The van der Waals surface area contributed by atoms with Gasteiger partial charge >= 0.3 is 0 Å². The molecule has 100 valence electrons. The van der Waals surface area contributed by atoms with Crippen LogP contribution in [0.15, 0.2) is 17.5 Å². The van der Waals surface area contributed by atoms with Gasteiger partial charge in [-0.25, -0.2) is 0 Å². The molecular weight excluding hydrogens is 244 g/mol. The fraction of sp³-hybridized carbons (Fsp3) is 0.643. The summed E-state index contributed by atoms with van der Waals surface area (Å²) in [6, 6.07) is 4.33. The van der Waals surface area contributed by atoms with E-state index in [4.69, 9.17) is 5.73 Å². The minimum absolute atomic E-state index is 0.192. The Kier molecular flexibility index (Phi) is 4.78. The Morgan fingerprint density at radius 2 is 2.50 bits per heavy atom. The molecule has 2 heterocycles. The van der Waals surface area contributed by atoms with Crippen molar-refractivity contribution < 1.29 is 4.79 Å². The molecule has 2 N–H and O–H groups in total. The molecule has 1 aliphatic heterocycles. The Morgan fingerprint density at radius 3 is 3.17 bits per heavy atom. The van der Waals surface area contributed by atoms with E-state index >= 15 is 0 Å². The number of aryl methyl sites for hydroxylation is 1. The Balaban J connectivity index is 1.81.